The van der Waals surface area contributed by atoms with E-state index in [0.29, 0.717) is 5.65 Å². The summed E-state index contributed by atoms with van der Waals surface area (Å²) in [7, 11) is 0. The minimum Gasteiger partial charge on any atom is -0.337 e. The molecule has 4 heterocycles. The summed E-state index contributed by atoms with van der Waals surface area (Å²) in [5.41, 5.74) is 7.89. The third-order valence-corrected chi connectivity index (χ3v) is 5.23. The number of para-hydroxylation sites is 2. The average molecular weight is 383 g/mol. The number of aromatic nitrogens is 6. The lowest BCUT2D eigenvalue weighted by atomic mass is 9.99. The van der Waals surface area contributed by atoms with Gasteiger partial charge < -0.3 is 10.3 Å². The van der Waals surface area contributed by atoms with Gasteiger partial charge in [0.15, 0.2) is 11.5 Å². The van der Waals surface area contributed by atoms with Crippen LogP contribution < -0.4 is 5.32 Å². The summed E-state index contributed by atoms with van der Waals surface area (Å²) in [6.45, 7) is 5.95. The van der Waals surface area contributed by atoms with Crippen LogP contribution in [0.4, 0.5) is 0 Å². The van der Waals surface area contributed by atoms with Crippen molar-refractivity contribution >= 4 is 22.1 Å². The molecule has 0 aliphatic heterocycles. The van der Waals surface area contributed by atoms with Crippen molar-refractivity contribution in [1.29, 1.82) is 0 Å². The zero-order valence-corrected chi connectivity index (χ0v) is 16.3. The van der Waals surface area contributed by atoms with Crippen LogP contribution in [0.15, 0.2) is 48.9 Å². The van der Waals surface area contributed by atoms with E-state index in [9.17, 15) is 0 Å². The molecule has 7 nitrogen and oxygen atoms in total. The number of H-pyrrole nitrogens is 2. The number of benzene rings is 1. The van der Waals surface area contributed by atoms with Gasteiger partial charge >= 0.3 is 0 Å². The first-order valence-electron chi connectivity index (χ1n) is 9.68. The van der Waals surface area contributed by atoms with Gasteiger partial charge in [0.05, 0.1) is 16.4 Å². The second-order valence-electron chi connectivity index (χ2n) is 7.05. The van der Waals surface area contributed by atoms with Gasteiger partial charge in [-0.15, -0.1) is 0 Å². The van der Waals surface area contributed by atoms with Crippen molar-refractivity contribution < 1.29 is 0 Å². The summed E-state index contributed by atoms with van der Waals surface area (Å²) >= 11 is 0. The molecule has 0 saturated heterocycles. The molecule has 0 spiro atoms. The van der Waals surface area contributed by atoms with Gasteiger partial charge in [-0.3, -0.25) is 10.1 Å². The molecule has 0 amide bonds. The number of imidazole rings is 1. The summed E-state index contributed by atoms with van der Waals surface area (Å²) in [5, 5.41) is 11.7. The fourth-order valence-electron chi connectivity index (χ4n) is 3.60. The minimum absolute atomic E-state index is 0.665. The summed E-state index contributed by atoms with van der Waals surface area (Å²) in [4.78, 5) is 17.1. The highest BCUT2D eigenvalue weighted by atomic mass is 15.2. The lowest BCUT2D eigenvalue weighted by Gasteiger charge is -2.11. The Balaban J connectivity index is 1.62. The standard InChI is InChI=1S/C22H21N7/c1-3-23-9-15-10-24-12-17(13(15)2)14-8-16-20(28-29-21(16)25-11-14)22-26-18-6-4-5-7-19(18)27-22/h4-8,10-12,23H,3,9H2,1-2H3,(H,26,27)(H,25,28,29). The van der Waals surface area contributed by atoms with Crippen molar-refractivity contribution in [3.8, 4) is 22.6 Å². The maximum Gasteiger partial charge on any atom is 0.181 e. The number of pyridine rings is 2. The van der Waals surface area contributed by atoms with Crippen molar-refractivity contribution in [1.82, 2.24) is 35.5 Å². The highest BCUT2D eigenvalue weighted by Gasteiger charge is 2.15. The molecule has 0 fully saturated rings. The quantitative estimate of drug-likeness (QED) is 0.427. The number of rotatable bonds is 5. The van der Waals surface area contributed by atoms with E-state index in [1.807, 2.05) is 42.9 Å². The summed E-state index contributed by atoms with van der Waals surface area (Å²) in [5.74, 6) is 0.753. The lowest BCUT2D eigenvalue weighted by molar-refractivity contribution is 0.721. The zero-order chi connectivity index (χ0) is 19.8. The van der Waals surface area contributed by atoms with Crippen molar-refractivity contribution in [2.24, 2.45) is 0 Å². The Kier molecular flexibility index (Phi) is 4.29. The van der Waals surface area contributed by atoms with Crippen molar-refractivity contribution in [2.75, 3.05) is 6.54 Å². The van der Waals surface area contributed by atoms with E-state index in [1.165, 1.54) is 11.1 Å². The monoisotopic (exact) mass is 383 g/mol. The predicted molar refractivity (Wildman–Crippen MR) is 114 cm³/mol. The molecule has 0 unspecified atom stereocenters. The van der Waals surface area contributed by atoms with Crippen LogP contribution in [-0.4, -0.2) is 36.7 Å². The fourth-order valence-corrected chi connectivity index (χ4v) is 3.60. The van der Waals surface area contributed by atoms with Gasteiger partial charge in [0, 0.05) is 36.3 Å². The molecule has 7 heteroatoms. The number of hydrogen-bond acceptors (Lipinski definition) is 5. The van der Waals surface area contributed by atoms with E-state index < -0.39 is 0 Å². The fraction of sp³-hybridized carbons (Fsp3) is 0.182. The Labute approximate surface area is 167 Å². The van der Waals surface area contributed by atoms with Gasteiger partial charge in [0.1, 0.15) is 5.69 Å². The van der Waals surface area contributed by atoms with E-state index >= 15 is 0 Å². The van der Waals surface area contributed by atoms with Crippen LogP contribution in [-0.2, 0) is 6.54 Å². The lowest BCUT2D eigenvalue weighted by Crippen LogP contribution is -2.13. The Morgan fingerprint density at radius 2 is 2.00 bits per heavy atom. The summed E-state index contributed by atoms with van der Waals surface area (Å²) < 4.78 is 0. The normalized spacial score (nSPS) is 11.5. The van der Waals surface area contributed by atoms with Gasteiger partial charge in [-0.2, -0.15) is 5.10 Å². The topological polar surface area (TPSA) is 95.2 Å². The number of hydrogen-bond donors (Lipinski definition) is 3. The van der Waals surface area contributed by atoms with E-state index in [2.05, 4.69) is 50.4 Å². The van der Waals surface area contributed by atoms with Gasteiger partial charge in [0.25, 0.3) is 0 Å². The molecule has 0 radical (unpaired) electrons. The number of aromatic amines is 2. The molecule has 0 aliphatic carbocycles. The highest BCUT2D eigenvalue weighted by Crippen LogP contribution is 2.30. The van der Waals surface area contributed by atoms with Crippen molar-refractivity contribution in [3.05, 3.63) is 60.0 Å². The van der Waals surface area contributed by atoms with E-state index in [1.54, 1.807) is 0 Å². The molecule has 4 aromatic heterocycles. The predicted octanol–water partition coefficient (Wildman–Crippen LogP) is 3.98. The van der Waals surface area contributed by atoms with Crippen LogP contribution in [0.2, 0.25) is 0 Å². The maximum absolute atomic E-state index is 4.70. The maximum atomic E-state index is 4.70. The summed E-state index contributed by atoms with van der Waals surface area (Å²) in [6, 6.07) is 10.1. The number of nitrogens with one attached hydrogen (secondary N) is 3. The molecule has 144 valence electrons. The number of fused-ring (bicyclic) bond motifs is 2. The van der Waals surface area contributed by atoms with Crippen molar-refractivity contribution in [2.45, 2.75) is 20.4 Å². The molecule has 0 bridgehead atoms. The Hall–Kier alpha value is -3.58. The third kappa shape index (κ3) is 3.05. The van der Waals surface area contributed by atoms with Crippen LogP contribution >= 0.6 is 0 Å². The molecular formula is C22H21N7. The molecule has 1 aromatic carbocycles. The second-order valence-corrected chi connectivity index (χ2v) is 7.05. The van der Waals surface area contributed by atoms with E-state index in [4.69, 9.17) is 4.98 Å². The van der Waals surface area contributed by atoms with Crippen LogP contribution in [0.25, 0.3) is 44.7 Å². The molecule has 29 heavy (non-hydrogen) atoms. The van der Waals surface area contributed by atoms with E-state index in [0.717, 1.165) is 52.2 Å². The molecule has 3 N–H and O–H groups in total. The minimum atomic E-state index is 0.665. The van der Waals surface area contributed by atoms with Gasteiger partial charge in [-0.25, -0.2) is 9.97 Å². The molecule has 0 saturated carbocycles. The molecule has 0 aliphatic rings. The van der Waals surface area contributed by atoms with Crippen LogP contribution in [0.5, 0.6) is 0 Å². The summed E-state index contributed by atoms with van der Waals surface area (Å²) in [6.07, 6.45) is 5.67. The van der Waals surface area contributed by atoms with E-state index in [-0.39, 0.29) is 0 Å². The first kappa shape index (κ1) is 17.5. The average Bonchev–Trinajstić information content (AvgIpc) is 3.36. The Morgan fingerprint density at radius 3 is 2.86 bits per heavy atom. The SMILES string of the molecule is CCNCc1cncc(-c2cnc3n[nH]c(-c4nc5ccccc5[nH]4)c3c2)c1C. The smallest absolute Gasteiger partial charge is 0.181 e. The first-order chi connectivity index (χ1) is 14.2. The second kappa shape index (κ2) is 7.10. The molecule has 5 aromatic rings. The Bertz CT molecular complexity index is 1280. The van der Waals surface area contributed by atoms with Crippen molar-refractivity contribution in [3.63, 3.8) is 0 Å². The molecule has 5 rings (SSSR count). The van der Waals surface area contributed by atoms with Gasteiger partial charge in [-0.1, -0.05) is 19.1 Å². The number of nitrogens with zero attached hydrogens (tertiary/aromatic N) is 4. The van der Waals surface area contributed by atoms with Crippen LogP contribution in [0.3, 0.4) is 0 Å². The first-order valence-corrected chi connectivity index (χ1v) is 9.68. The molecular weight excluding hydrogens is 362 g/mol. The zero-order valence-electron chi connectivity index (χ0n) is 16.3. The van der Waals surface area contributed by atoms with Crippen LogP contribution in [0, 0.1) is 6.92 Å². The highest BCUT2D eigenvalue weighted by molar-refractivity contribution is 5.93. The largest absolute Gasteiger partial charge is 0.337 e. The van der Waals surface area contributed by atoms with Gasteiger partial charge in [0.2, 0.25) is 0 Å². The van der Waals surface area contributed by atoms with Gasteiger partial charge in [-0.05, 0) is 42.8 Å². The Morgan fingerprint density at radius 1 is 1.10 bits per heavy atom. The third-order valence-electron chi connectivity index (χ3n) is 5.23. The molecule has 0 atom stereocenters. The van der Waals surface area contributed by atoms with Crippen LogP contribution in [0.1, 0.15) is 18.1 Å².